The van der Waals surface area contributed by atoms with Crippen molar-refractivity contribution in [1.82, 2.24) is 10.3 Å². The number of pyridine rings is 1. The van der Waals surface area contributed by atoms with Gasteiger partial charge in [-0.2, -0.15) is 0 Å². The van der Waals surface area contributed by atoms with Crippen LogP contribution in [0.25, 0.3) is 11.3 Å². The van der Waals surface area contributed by atoms with Crippen LogP contribution >= 0.6 is 23.8 Å². The number of anilines is 2. The third kappa shape index (κ3) is 4.72. The Morgan fingerprint density at radius 1 is 0.973 bits per heavy atom. The number of thiocarbonyl (C=S) groups is 1. The summed E-state index contributed by atoms with van der Waals surface area (Å²) in [6, 6.07) is 26.0. The lowest BCUT2D eigenvalue weighted by Gasteiger charge is -2.33. The first-order chi connectivity index (χ1) is 18.1. The second-order valence-corrected chi connectivity index (χ2v) is 10.7. The summed E-state index contributed by atoms with van der Waals surface area (Å²) in [6.45, 7) is 4.38. The first-order valence-electron chi connectivity index (χ1n) is 12.8. The van der Waals surface area contributed by atoms with E-state index >= 15 is 0 Å². The van der Waals surface area contributed by atoms with Crippen LogP contribution in [0.1, 0.15) is 43.3 Å². The van der Waals surface area contributed by atoms with Gasteiger partial charge in [0, 0.05) is 30.5 Å². The van der Waals surface area contributed by atoms with Crippen LogP contribution in [-0.2, 0) is 0 Å². The highest BCUT2D eigenvalue weighted by Gasteiger charge is 2.42. The average molecular weight is 529 g/mol. The minimum atomic E-state index is -0.224. The molecule has 0 spiro atoms. The zero-order valence-electron chi connectivity index (χ0n) is 20.7. The van der Waals surface area contributed by atoms with Gasteiger partial charge in [0.15, 0.2) is 5.11 Å². The lowest BCUT2D eigenvalue weighted by Crippen LogP contribution is -2.33. The predicted molar refractivity (Wildman–Crippen MR) is 154 cm³/mol. The third-order valence-corrected chi connectivity index (χ3v) is 8.03. The molecule has 1 N–H and O–H groups in total. The molecule has 0 aliphatic carbocycles. The van der Waals surface area contributed by atoms with Gasteiger partial charge >= 0.3 is 0 Å². The lowest BCUT2D eigenvalue weighted by atomic mass is 9.98. The summed E-state index contributed by atoms with van der Waals surface area (Å²) < 4.78 is 6.45. The summed E-state index contributed by atoms with van der Waals surface area (Å²) >= 11 is 12.8. The van der Waals surface area contributed by atoms with Crippen LogP contribution in [0.2, 0.25) is 5.02 Å². The largest absolute Gasteiger partial charge is 0.459 e. The van der Waals surface area contributed by atoms with Crippen molar-refractivity contribution in [3.63, 3.8) is 0 Å². The molecule has 2 saturated heterocycles. The van der Waals surface area contributed by atoms with Gasteiger partial charge in [0.1, 0.15) is 17.6 Å². The predicted octanol–water partition coefficient (Wildman–Crippen LogP) is 7.41. The van der Waals surface area contributed by atoms with Crippen molar-refractivity contribution in [2.45, 2.75) is 31.8 Å². The minimum Gasteiger partial charge on any atom is -0.459 e. The van der Waals surface area contributed by atoms with E-state index < -0.39 is 0 Å². The molecule has 0 saturated carbocycles. The molecule has 0 amide bonds. The van der Waals surface area contributed by atoms with E-state index in [1.807, 2.05) is 72.9 Å². The highest BCUT2D eigenvalue weighted by molar-refractivity contribution is 7.80. The van der Waals surface area contributed by atoms with Crippen molar-refractivity contribution >= 4 is 40.3 Å². The minimum absolute atomic E-state index is 0.175. The van der Waals surface area contributed by atoms with E-state index in [1.165, 1.54) is 12.8 Å². The van der Waals surface area contributed by atoms with E-state index in [0.717, 1.165) is 58.2 Å². The van der Waals surface area contributed by atoms with E-state index in [4.69, 9.17) is 28.2 Å². The topological polar surface area (TPSA) is 44.5 Å². The maximum absolute atomic E-state index is 6.89. The molecule has 0 bridgehead atoms. The standard InChI is InChI=1S/C30H29ClN4OS/c1-20-14-17-34(18-15-20)25-11-10-22(19-23(25)31)35-29(28(33-30(35)37)24-9-5-6-16-32-24)27-13-12-26(36-27)21-7-3-2-4-8-21/h2-13,16,19-20,28-29H,14-15,17-18H2,1H3,(H,33,37)/t28-,29+/m1/s1. The highest BCUT2D eigenvalue weighted by Crippen LogP contribution is 2.44. The maximum atomic E-state index is 6.89. The number of hydrogen-bond donors (Lipinski definition) is 1. The number of furan rings is 1. The number of rotatable bonds is 5. The fraction of sp³-hybridized carbons (Fsp3) is 0.267. The number of piperidine rings is 1. The Bertz CT molecular complexity index is 1390. The van der Waals surface area contributed by atoms with Gasteiger partial charge in [0.2, 0.25) is 0 Å². The van der Waals surface area contributed by atoms with Crippen molar-refractivity contribution < 1.29 is 4.42 Å². The number of hydrogen-bond acceptors (Lipinski definition) is 4. The summed E-state index contributed by atoms with van der Waals surface area (Å²) in [7, 11) is 0. The van der Waals surface area contributed by atoms with E-state index in [2.05, 4.69) is 39.2 Å². The number of halogens is 1. The van der Waals surface area contributed by atoms with Crippen molar-refractivity contribution in [3.8, 4) is 11.3 Å². The van der Waals surface area contributed by atoms with E-state index in [-0.39, 0.29) is 12.1 Å². The molecule has 0 radical (unpaired) electrons. The molecule has 2 fully saturated rings. The molecule has 0 unspecified atom stereocenters. The summed E-state index contributed by atoms with van der Waals surface area (Å²) in [5.41, 5.74) is 3.95. The first-order valence-corrected chi connectivity index (χ1v) is 13.6. The number of nitrogens with one attached hydrogen (secondary N) is 1. The number of aromatic nitrogens is 1. The Balaban J connectivity index is 1.38. The monoisotopic (exact) mass is 528 g/mol. The molecule has 2 aromatic carbocycles. The van der Waals surface area contributed by atoms with Gasteiger partial charge in [-0.1, -0.05) is 54.9 Å². The van der Waals surface area contributed by atoms with Crippen LogP contribution < -0.4 is 15.1 Å². The number of nitrogens with zero attached hydrogens (tertiary/aromatic N) is 3. The summed E-state index contributed by atoms with van der Waals surface area (Å²) in [5.74, 6) is 2.40. The molecule has 37 heavy (non-hydrogen) atoms. The Morgan fingerprint density at radius 2 is 1.76 bits per heavy atom. The molecule has 6 rings (SSSR count). The molecule has 7 heteroatoms. The quantitative estimate of drug-likeness (QED) is 0.272. The van der Waals surface area contributed by atoms with Crippen LogP contribution in [0.4, 0.5) is 11.4 Å². The van der Waals surface area contributed by atoms with Crippen LogP contribution in [0.5, 0.6) is 0 Å². The second kappa shape index (κ2) is 10.2. The number of benzene rings is 2. The second-order valence-electron chi connectivity index (χ2n) is 9.87. The Hall–Kier alpha value is -3.35. The average Bonchev–Trinajstić information content (AvgIpc) is 3.55. The molecule has 2 atom stereocenters. The first kappa shape index (κ1) is 24.0. The Morgan fingerprint density at radius 3 is 2.49 bits per heavy atom. The van der Waals surface area contributed by atoms with Crippen molar-refractivity contribution in [1.29, 1.82) is 0 Å². The van der Waals surface area contributed by atoms with Crippen molar-refractivity contribution in [2.24, 2.45) is 5.92 Å². The van der Waals surface area contributed by atoms with Gasteiger partial charge in [-0.25, -0.2) is 0 Å². The van der Waals surface area contributed by atoms with E-state index in [9.17, 15) is 0 Å². The molecular weight excluding hydrogens is 500 g/mol. The fourth-order valence-electron chi connectivity index (χ4n) is 5.34. The van der Waals surface area contributed by atoms with E-state index in [1.54, 1.807) is 0 Å². The van der Waals surface area contributed by atoms with Gasteiger partial charge in [-0.05, 0) is 73.4 Å². The maximum Gasteiger partial charge on any atom is 0.174 e. The van der Waals surface area contributed by atoms with Gasteiger partial charge in [-0.3, -0.25) is 4.98 Å². The molecule has 5 nitrogen and oxygen atoms in total. The van der Waals surface area contributed by atoms with Crippen molar-refractivity contribution in [3.05, 3.63) is 102 Å². The van der Waals surface area contributed by atoms with Gasteiger partial charge < -0.3 is 19.5 Å². The molecule has 2 aliphatic rings. The van der Waals surface area contributed by atoms with Gasteiger partial charge in [0.25, 0.3) is 0 Å². The van der Waals surface area contributed by atoms with Crippen LogP contribution in [0, 0.1) is 5.92 Å². The molecule has 2 aliphatic heterocycles. The summed E-state index contributed by atoms with van der Waals surface area (Å²) in [4.78, 5) is 9.14. The van der Waals surface area contributed by atoms with Gasteiger partial charge in [0.05, 0.1) is 22.4 Å². The fourth-order valence-corrected chi connectivity index (χ4v) is 5.98. The highest BCUT2D eigenvalue weighted by atomic mass is 35.5. The zero-order valence-corrected chi connectivity index (χ0v) is 22.3. The third-order valence-electron chi connectivity index (χ3n) is 7.41. The molecular formula is C30H29ClN4OS. The molecule has 4 aromatic rings. The Kier molecular flexibility index (Phi) is 6.61. The summed E-state index contributed by atoms with van der Waals surface area (Å²) in [5, 5.41) is 4.85. The van der Waals surface area contributed by atoms with E-state index in [0.29, 0.717) is 5.11 Å². The Labute approximate surface area is 228 Å². The summed E-state index contributed by atoms with van der Waals surface area (Å²) in [6.07, 6.45) is 4.19. The SMILES string of the molecule is CC1CCN(c2ccc(N3C(=S)N[C@H](c4ccccn4)[C@@H]3c3ccc(-c4ccccc4)o3)cc2Cl)CC1. The van der Waals surface area contributed by atoms with Crippen LogP contribution in [-0.4, -0.2) is 23.2 Å². The lowest BCUT2D eigenvalue weighted by molar-refractivity contribution is 0.438. The van der Waals surface area contributed by atoms with Crippen LogP contribution in [0.15, 0.2) is 89.5 Å². The van der Waals surface area contributed by atoms with Gasteiger partial charge in [-0.15, -0.1) is 0 Å². The molecule has 188 valence electrons. The molecule has 2 aromatic heterocycles. The van der Waals surface area contributed by atoms with Crippen LogP contribution in [0.3, 0.4) is 0 Å². The van der Waals surface area contributed by atoms with Crippen molar-refractivity contribution in [2.75, 3.05) is 22.9 Å². The zero-order chi connectivity index (χ0) is 25.4. The normalized spacial score (nSPS) is 20.3. The molecule has 4 heterocycles. The smallest absolute Gasteiger partial charge is 0.174 e.